The molecule has 0 N–H and O–H groups in total. The zero-order valence-corrected chi connectivity index (χ0v) is 18.5. The van der Waals surface area contributed by atoms with Crippen LogP contribution in [0.1, 0.15) is 142 Å². The predicted molar refractivity (Wildman–Crippen MR) is 122 cm³/mol. The Labute approximate surface area is 166 Å². The molecule has 0 radical (unpaired) electrons. The first-order valence-electron chi connectivity index (χ1n) is 12.2. The first-order chi connectivity index (χ1) is 12.9. The molecule has 0 fully saturated rings. The van der Waals surface area contributed by atoms with Gasteiger partial charge in [0.15, 0.2) is 0 Å². The summed E-state index contributed by atoms with van der Waals surface area (Å²) in [5.41, 5.74) is 0. The van der Waals surface area contributed by atoms with Crippen LogP contribution in [0.15, 0.2) is 24.3 Å². The lowest BCUT2D eigenvalue weighted by atomic mass is 10.0. The molecular formula is C26H50. The first kappa shape index (κ1) is 25.5. The third-order valence-electron chi connectivity index (χ3n) is 5.27. The molecule has 0 rings (SSSR count). The van der Waals surface area contributed by atoms with E-state index in [-0.39, 0.29) is 0 Å². The van der Waals surface area contributed by atoms with Gasteiger partial charge in [0.25, 0.3) is 0 Å². The van der Waals surface area contributed by atoms with Gasteiger partial charge in [-0.05, 0) is 38.5 Å². The molecule has 0 unspecified atom stereocenters. The second kappa shape index (κ2) is 24.5. The van der Waals surface area contributed by atoms with Gasteiger partial charge in [-0.1, -0.05) is 128 Å². The van der Waals surface area contributed by atoms with Crippen LogP contribution in [-0.2, 0) is 0 Å². The molecule has 0 nitrogen and oxygen atoms in total. The fourth-order valence-electron chi connectivity index (χ4n) is 3.51. The van der Waals surface area contributed by atoms with E-state index in [1.54, 1.807) is 0 Å². The van der Waals surface area contributed by atoms with Gasteiger partial charge in [-0.2, -0.15) is 0 Å². The van der Waals surface area contributed by atoms with Gasteiger partial charge in [-0.25, -0.2) is 0 Å². The minimum atomic E-state index is 1.19. The summed E-state index contributed by atoms with van der Waals surface area (Å²) in [5.74, 6) is 0. The molecule has 0 bridgehead atoms. The Balaban J connectivity index is 3.02. The Bertz CT molecular complexity index is 286. The SMILES string of the molecule is CCC=CCCCCCCCCCCCCCCCCCC=CCCC. The average molecular weight is 363 g/mol. The molecule has 0 amide bonds. The Kier molecular flexibility index (Phi) is 24.0. The van der Waals surface area contributed by atoms with Gasteiger partial charge in [-0.3, -0.25) is 0 Å². The predicted octanol–water partition coefficient (Wildman–Crippen LogP) is 9.94. The summed E-state index contributed by atoms with van der Waals surface area (Å²) in [7, 11) is 0. The van der Waals surface area contributed by atoms with Crippen molar-refractivity contribution in [2.75, 3.05) is 0 Å². The molecule has 0 aromatic carbocycles. The standard InChI is InChI=1S/C26H50/c1-3-5-7-9-11-13-15-17-19-21-23-25-26-24-22-20-18-16-14-12-10-8-6-4-2/h5,7-8,10H,3-4,6,9,11-26H2,1-2H3. The summed E-state index contributed by atoms with van der Waals surface area (Å²) in [5, 5.41) is 0. The second-order valence-corrected chi connectivity index (χ2v) is 8.02. The molecule has 26 heavy (non-hydrogen) atoms. The largest absolute Gasteiger partial charge is 0.0888 e. The molecule has 0 aromatic rings. The molecule has 0 heteroatoms. The van der Waals surface area contributed by atoms with Crippen LogP contribution in [0.4, 0.5) is 0 Å². The van der Waals surface area contributed by atoms with E-state index >= 15 is 0 Å². The van der Waals surface area contributed by atoms with Gasteiger partial charge in [0.1, 0.15) is 0 Å². The maximum atomic E-state index is 2.38. The highest BCUT2D eigenvalue weighted by Crippen LogP contribution is 2.14. The molecule has 0 aliphatic rings. The number of allylic oxidation sites excluding steroid dienone is 4. The fraction of sp³-hybridized carbons (Fsp3) is 0.846. The van der Waals surface area contributed by atoms with E-state index in [2.05, 4.69) is 38.2 Å². The van der Waals surface area contributed by atoms with Crippen LogP contribution in [0.25, 0.3) is 0 Å². The van der Waals surface area contributed by atoms with Crippen molar-refractivity contribution in [1.82, 2.24) is 0 Å². The molecular weight excluding hydrogens is 312 g/mol. The van der Waals surface area contributed by atoms with Crippen LogP contribution in [0.3, 0.4) is 0 Å². The summed E-state index contributed by atoms with van der Waals surface area (Å²) in [6.45, 7) is 4.46. The van der Waals surface area contributed by atoms with E-state index in [1.807, 2.05) is 0 Å². The number of hydrogen-bond donors (Lipinski definition) is 0. The third-order valence-corrected chi connectivity index (χ3v) is 5.27. The summed E-state index contributed by atoms with van der Waals surface area (Å²) in [4.78, 5) is 0. The molecule has 0 heterocycles. The van der Waals surface area contributed by atoms with Crippen LogP contribution in [0, 0.1) is 0 Å². The molecule has 154 valence electrons. The molecule has 0 aliphatic carbocycles. The van der Waals surface area contributed by atoms with E-state index in [0.717, 1.165) is 0 Å². The van der Waals surface area contributed by atoms with Gasteiger partial charge in [0, 0.05) is 0 Å². The zero-order valence-electron chi connectivity index (χ0n) is 18.5. The Morgan fingerprint density at radius 2 is 0.654 bits per heavy atom. The van der Waals surface area contributed by atoms with Crippen LogP contribution < -0.4 is 0 Å². The van der Waals surface area contributed by atoms with E-state index in [1.165, 1.54) is 128 Å². The van der Waals surface area contributed by atoms with Crippen molar-refractivity contribution in [3.8, 4) is 0 Å². The van der Waals surface area contributed by atoms with Gasteiger partial charge in [-0.15, -0.1) is 0 Å². The number of rotatable bonds is 21. The first-order valence-corrected chi connectivity index (χ1v) is 12.2. The Morgan fingerprint density at radius 3 is 1.00 bits per heavy atom. The highest BCUT2D eigenvalue weighted by Gasteiger charge is 1.94. The van der Waals surface area contributed by atoms with Crippen LogP contribution in [0.5, 0.6) is 0 Å². The van der Waals surface area contributed by atoms with Crippen molar-refractivity contribution < 1.29 is 0 Å². The van der Waals surface area contributed by atoms with E-state index in [4.69, 9.17) is 0 Å². The maximum Gasteiger partial charge on any atom is -0.0351 e. The minimum Gasteiger partial charge on any atom is -0.0888 e. The highest BCUT2D eigenvalue weighted by molar-refractivity contribution is 4.80. The van der Waals surface area contributed by atoms with Crippen molar-refractivity contribution in [1.29, 1.82) is 0 Å². The molecule has 0 saturated carbocycles. The quantitative estimate of drug-likeness (QED) is 0.141. The molecule has 0 aromatic heterocycles. The topological polar surface area (TPSA) is 0 Å². The molecule has 0 saturated heterocycles. The molecule has 0 aliphatic heterocycles. The van der Waals surface area contributed by atoms with Gasteiger partial charge >= 0.3 is 0 Å². The summed E-state index contributed by atoms with van der Waals surface area (Å²) < 4.78 is 0. The van der Waals surface area contributed by atoms with Crippen molar-refractivity contribution in [2.24, 2.45) is 0 Å². The lowest BCUT2D eigenvalue weighted by molar-refractivity contribution is 0.531. The minimum absolute atomic E-state index is 1.19. The van der Waals surface area contributed by atoms with Crippen LogP contribution in [-0.4, -0.2) is 0 Å². The van der Waals surface area contributed by atoms with Gasteiger partial charge in [0.2, 0.25) is 0 Å². The van der Waals surface area contributed by atoms with E-state index < -0.39 is 0 Å². The summed E-state index contributed by atoms with van der Waals surface area (Å²) in [6.07, 6.45) is 37.5. The van der Waals surface area contributed by atoms with Crippen molar-refractivity contribution >= 4 is 0 Å². The van der Waals surface area contributed by atoms with E-state index in [9.17, 15) is 0 Å². The molecule has 0 spiro atoms. The third kappa shape index (κ3) is 23.5. The van der Waals surface area contributed by atoms with E-state index in [0.29, 0.717) is 0 Å². The smallest absolute Gasteiger partial charge is 0.0351 e. The molecule has 0 atom stereocenters. The second-order valence-electron chi connectivity index (χ2n) is 8.02. The Morgan fingerprint density at radius 1 is 0.346 bits per heavy atom. The maximum absolute atomic E-state index is 2.38. The van der Waals surface area contributed by atoms with Gasteiger partial charge < -0.3 is 0 Å². The van der Waals surface area contributed by atoms with Crippen molar-refractivity contribution in [3.05, 3.63) is 24.3 Å². The monoisotopic (exact) mass is 362 g/mol. The number of hydrogen-bond acceptors (Lipinski definition) is 0. The Hall–Kier alpha value is -0.520. The highest BCUT2D eigenvalue weighted by atomic mass is 14.0. The van der Waals surface area contributed by atoms with Crippen LogP contribution >= 0.6 is 0 Å². The average Bonchev–Trinajstić information content (AvgIpc) is 2.66. The summed E-state index contributed by atoms with van der Waals surface area (Å²) in [6, 6.07) is 0. The fourth-order valence-corrected chi connectivity index (χ4v) is 3.51. The lowest BCUT2D eigenvalue weighted by Crippen LogP contribution is -1.83. The van der Waals surface area contributed by atoms with Crippen molar-refractivity contribution in [3.63, 3.8) is 0 Å². The summed E-state index contributed by atoms with van der Waals surface area (Å²) >= 11 is 0. The normalized spacial score (nSPS) is 11.9. The number of unbranched alkanes of at least 4 members (excludes halogenated alkanes) is 17. The van der Waals surface area contributed by atoms with Gasteiger partial charge in [0.05, 0.1) is 0 Å². The van der Waals surface area contributed by atoms with Crippen LogP contribution in [0.2, 0.25) is 0 Å². The lowest BCUT2D eigenvalue weighted by Gasteiger charge is -2.03. The van der Waals surface area contributed by atoms with Crippen molar-refractivity contribution in [2.45, 2.75) is 142 Å². The zero-order chi connectivity index (χ0) is 19.0.